The summed E-state index contributed by atoms with van der Waals surface area (Å²) in [5, 5.41) is 0. The highest BCUT2D eigenvalue weighted by atomic mass is 16.6. The average molecular weight is 839 g/mol. The highest BCUT2D eigenvalue weighted by molar-refractivity contribution is 5.71. The summed E-state index contributed by atoms with van der Waals surface area (Å²) >= 11 is 0. The van der Waals surface area contributed by atoms with Crippen LogP contribution >= 0.6 is 0 Å². The topological polar surface area (TPSA) is 78.9 Å². The number of hydrogen-bond donors (Lipinski definition) is 0. The van der Waals surface area contributed by atoms with Gasteiger partial charge in [-0.25, -0.2) is 0 Å². The summed E-state index contributed by atoms with van der Waals surface area (Å²) in [7, 11) is 0. The van der Waals surface area contributed by atoms with Gasteiger partial charge in [0, 0.05) is 19.3 Å². The number of unbranched alkanes of at least 4 members (excludes halogenated alkanes) is 24. The van der Waals surface area contributed by atoms with Crippen LogP contribution in [0.4, 0.5) is 0 Å². The molecule has 0 saturated heterocycles. The van der Waals surface area contributed by atoms with E-state index in [2.05, 4.69) is 81.5 Å². The molecule has 0 aromatic carbocycles. The first-order valence-electron chi connectivity index (χ1n) is 25.3. The fourth-order valence-corrected chi connectivity index (χ4v) is 7.00. The van der Waals surface area contributed by atoms with Crippen LogP contribution in [0.3, 0.4) is 0 Å². The van der Waals surface area contributed by atoms with Crippen molar-refractivity contribution in [3.8, 4) is 0 Å². The molecule has 0 saturated carbocycles. The first-order valence-corrected chi connectivity index (χ1v) is 25.3. The van der Waals surface area contributed by atoms with E-state index in [1.54, 1.807) is 0 Å². The lowest BCUT2D eigenvalue weighted by Gasteiger charge is -2.18. The molecule has 0 heterocycles. The zero-order valence-electron chi connectivity index (χ0n) is 39.5. The highest BCUT2D eigenvalue weighted by Gasteiger charge is 2.19. The molecule has 0 aliphatic heterocycles. The first kappa shape index (κ1) is 57.1. The van der Waals surface area contributed by atoms with Crippen LogP contribution in [0.5, 0.6) is 0 Å². The highest BCUT2D eigenvalue weighted by Crippen LogP contribution is 2.15. The second-order valence-corrected chi connectivity index (χ2v) is 16.7. The fourth-order valence-electron chi connectivity index (χ4n) is 7.00. The van der Waals surface area contributed by atoms with E-state index in [4.69, 9.17) is 14.2 Å². The van der Waals surface area contributed by atoms with Gasteiger partial charge in [0.1, 0.15) is 13.2 Å². The average Bonchev–Trinajstić information content (AvgIpc) is 3.24. The van der Waals surface area contributed by atoms with E-state index in [-0.39, 0.29) is 31.1 Å². The third kappa shape index (κ3) is 46.2. The molecule has 0 rings (SSSR count). The lowest BCUT2D eigenvalue weighted by Crippen LogP contribution is -2.30. The van der Waals surface area contributed by atoms with Gasteiger partial charge in [-0.2, -0.15) is 0 Å². The van der Waals surface area contributed by atoms with Crippen LogP contribution in [0, 0.1) is 0 Å². The van der Waals surface area contributed by atoms with E-state index in [9.17, 15) is 14.4 Å². The van der Waals surface area contributed by atoms with Crippen molar-refractivity contribution >= 4 is 17.9 Å². The SMILES string of the molecule is CC/C=C\C/C=C\C/C=C\C/C=C\C/C=C\CCCCCC(=O)OCC(COC(=O)CCCCCCCCCCC)OC(=O)CCCCCCCCCCCCCCCC. The van der Waals surface area contributed by atoms with Crippen LogP contribution < -0.4 is 0 Å². The van der Waals surface area contributed by atoms with Gasteiger partial charge in [-0.05, 0) is 64.2 Å². The zero-order valence-corrected chi connectivity index (χ0v) is 39.5. The third-order valence-electron chi connectivity index (χ3n) is 10.8. The van der Waals surface area contributed by atoms with Crippen molar-refractivity contribution in [1.82, 2.24) is 0 Å². The summed E-state index contributed by atoms with van der Waals surface area (Å²) in [6.07, 6.45) is 59.2. The van der Waals surface area contributed by atoms with Gasteiger partial charge < -0.3 is 14.2 Å². The number of allylic oxidation sites excluding steroid dienone is 10. The second-order valence-electron chi connectivity index (χ2n) is 16.7. The van der Waals surface area contributed by atoms with E-state index in [0.717, 1.165) is 96.3 Å². The van der Waals surface area contributed by atoms with Crippen molar-refractivity contribution in [2.45, 2.75) is 252 Å². The standard InChI is InChI=1S/C54H94O6/c1-4-7-10-13-16-19-21-23-25-26-27-28-29-31-32-35-38-41-44-47-53(56)59-50-51(49-58-52(55)46-43-40-37-34-18-15-12-9-6-3)60-54(57)48-45-42-39-36-33-30-24-22-20-17-14-11-8-5-2/h7,10,16,19,23,25,27-28,31-32,51H,4-6,8-9,11-15,17-18,20-22,24,26,29-30,33-50H2,1-3H3/b10-7-,19-16-,25-23-,28-27-,32-31-. The molecule has 0 radical (unpaired) electrons. The van der Waals surface area contributed by atoms with Crippen LogP contribution in [-0.2, 0) is 28.6 Å². The predicted molar refractivity (Wildman–Crippen MR) is 256 cm³/mol. The Kier molecular flexibility index (Phi) is 46.4. The summed E-state index contributed by atoms with van der Waals surface area (Å²) in [6, 6.07) is 0. The summed E-state index contributed by atoms with van der Waals surface area (Å²) in [4.78, 5) is 37.8. The van der Waals surface area contributed by atoms with Crippen LogP contribution in [0.25, 0.3) is 0 Å². The van der Waals surface area contributed by atoms with E-state index < -0.39 is 6.10 Å². The van der Waals surface area contributed by atoms with Gasteiger partial charge in [-0.15, -0.1) is 0 Å². The first-order chi connectivity index (χ1) is 29.5. The Morgan fingerprint density at radius 2 is 0.650 bits per heavy atom. The van der Waals surface area contributed by atoms with Gasteiger partial charge in [-0.1, -0.05) is 223 Å². The Balaban J connectivity index is 4.37. The molecule has 0 aromatic rings. The Hall–Kier alpha value is -2.89. The molecule has 346 valence electrons. The van der Waals surface area contributed by atoms with E-state index in [1.807, 2.05) is 0 Å². The van der Waals surface area contributed by atoms with Crippen molar-refractivity contribution in [2.24, 2.45) is 0 Å². The van der Waals surface area contributed by atoms with Crippen molar-refractivity contribution < 1.29 is 28.6 Å². The van der Waals surface area contributed by atoms with Gasteiger partial charge in [0.25, 0.3) is 0 Å². The van der Waals surface area contributed by atoms with Gasteiger partial charge in [0.05, 0.1) is 0 Å². The monoisotopic (exact) mass is 839 g/mol. The lowest BCUT2D eigenvalue weighted by atomic mass is 10.0. The summed E-state index contributed by atoms with van der Waals surface area (Å²) in [6.45, 7) is 6.48. The maximum absolute atomic E-state index is 12.8. The molecule has 0 bridgehead atoms. The molecular weight excluding hydrogens is 745 g/mol. The van der Waals surface area contributed by atoms with Crippen LogP contribution in [0.2, 0.25) is 0 Å². The van der Waals surface area contributed by atoms with Crippen molar-refractivity contribution in [1.29, 1.82) is 0 Å². The van der Waals surface area contributed by atoms with Gasteiger partial charge in [0.2, 0.25) is 0 Å². The Bertz CT molecular complexity index is 1100. The maximum atomic E-state index is 12.8. The van der Waals surface area contributed by atoms with E-state index >= 15 is 0 Å². The Labute approximate surface area is 370 Å². The summed E-state index contributed by atoms with van der Waals surface area (Å²) in [5.41, 5.74) is 0. The van der Waals surface area contributed by atoms with Crippen molar-refractivity contribution in [3.05, 3.63) is 60.8 Å². The quantitative estimate of drug-likeness (QED) is 0.0263. The molecule has 0 aliphatic rings. The van der Waals surface area contributed by atoms with Crippen LogP contribution in [0.1, 0.15) is 245 Å². The molecule has 0 spiro atoms. The number of esters is 3. The molecule has 0 fully saturated rings. The molecule has 6 nitrogen and oxygen atoms in total. The Morgan fingerprint density at radius 1 is 0.350 bits per heavy atom. The van der Waals surface area contributed by atoms with Gasteiger partial charge in [-0.3, -0.25) is 14.4 Å². The minimum Gasteiger partial charge on any atom is -0.462 e. The van der Waals surface area contributed by atoms with Gasteiger partial charge >= 0.3 is 17.9 Å². The lowest BCUT2D eigenvalue weighted by molar-refractivity contribution is -0.167. The molecule has 1 atom stereocenters. The summed E-state index contributed by atoms with van der Waals surface area (Å²) < 4.78 is 16.7. The normalized spacial score (nSPS) is 12.5. The van der Waals surface area contributed by atoms with E-state index in [1.165, 1.54) is 109 Å². The molecule has 0 aromatic heterocycles. The number of rotatable bonds is 45. The molecule has 6 heteroatoms. The van der Waals surface area contributed by atoms with Gasteiger partial charge in [0.15, 0.2) is 6.10 Å². The predicted octanol–water partition coefficient (Wildman–Crippen LogP) is 16.5. The number of carbonyl (C=O) groups excluding carboxylic acids is 3. The minimum absolute atomic E-state index is 0.0821. The maximum Gasteiger partial charge on any atom is 0.306 e. The second kappa shape index (κ2) is 48.8. The third-order valence-corrected chi connectivity index (χ3v) is 10.8. The largest absolute Gasteiger partial charge is 0.462 e. The summed E-state index contributed by atoms with van der Waals surface area (Å²) in [5.74, 6) is -0.913. The molecule has 60 heavy (non-hydrogen) atoms. The molecule has 0 amide bonds. The smallest absolute Gasteiger partial charge is 0.306 e. The van der Waals surface area contributed by atoms with Crippen molar-refractivity contribution in [2.75, 3.05) is 13.2 Å². The van der Waals surface area contributed by atoms with E-state index in [0.29, 0.717) is 19.3 Å². The molecule has 0 N–H and O–H groups in total. The zero-order chi connectivity index (χ0) is 43.7. The van der Waals surface area contributed by atoms with Crippen LogP contribution in [-0.4, -0.2) is 37.2 Å². The molecule has 0 aliphatic carbocycles. The molecule has 1 unspecified atom stereocenters. The minimum atomic E-state index is -0.782. The number of carbonyl (C=O) groups is 3. The van der Waals surface area contributed by atoms with Crippen molar-refractivity contribution in [3.63, 3.8) is 0 Å². The molecular formula is C54H94O6. The van der Waals surface area contributed by atoms with Crippen LogP contribution in [0.15, 0.2) is 60.8 Å². The Morgan fingerprint density at radius 3 is 1.02 bits per heavy atom. The number of hydrogen-bond acceptors (Lipinski definition) is 6. The fraction of sp³-hybridized carbons (Fsp3) is 0.759. The number of ether oxygens (including phenoxy) is 3.